The molecule has 0 aliphatic carbocycles. The van der Waals surface area contributed by atoms with E-state index >= 15 is 0 Å². The van der Waals surface area contributed by atoms with Gasteiger partial charge in [0.2, 0.25) is 0 Å². The van der Waals surface area contributed by atoms with Crippen LogP contribution < -0.4 is 10.1 Å². The van der Waals surface area contributed by atoms with Gasteiger partial charge in [0, 0.05) is 29.6 Å². The maximum atomic E-state index is 6.18. The smallest absolute Gasteiger partial charge is 0.127 e. The molecule has 2 rings (SSSR count). The Balaban J connectivity index is 1.85. The lowest BCUT2D eigenvalue weighted by molar-refractivity contribution is 0.351. The van der Waals surface area contributed by atoms with Crippen molar-refractivity contribution in [2.24, 2.45) is 5.92 Å². The lowest BCUT2D eigenvalue weighted by Gasteiger charge is -2.16. The molecule has 0 fully saturated rings. The minimum Gasteiger partial charge on any atom is -0.493 e. The topological polar surface area (TPSA) is 21.3 Å². The number of nitrogens with one attached hydrogen (secondary N) is 1. The van der Waals surface area contributed by atoms with Crippen LogP contribution in [-0.4, -0.2) is 12.6 Å². The molecule has 3 heteroatoms. The molecule has 0 bridgehead atoms. The average molecular weight is 296 g/mol. The van der Waals surface area contributed by atoms with Gasteiger partial charge in [0.1, 0.15) is 5.75 Å². The molecule has 0 spiro atoms. The first-order valence-electron chi connectivity index (χ1n) is 7.73. The molecular weight excluding hydrogens is 270 g/mol. The van der Waals surface area contributed by atoms with Crippen molar-refractivity contribution >= 4 is 11.6 Å². The molecular formula is C17H26ClNO. The molecule has 0 aromatic heterocycles. The molecule has 2 nitrogen and oxygen atoms in total. The van der Waals surface area contributed by atoms with E-state index in [1.54, 1.807) is 0 Å². The summed E-state index contributed by atoms with van der Waals surface area (Å²) in [5, 5.41) is 4.41. The molecule has 112 valence electrons. The quantitative estimate of drug-likeness (QED) is 0.795. The van der Waals surface area contributed by atoms with E-state index < -0.39 is 0 Å². The van der Waals surface area contributed by atoms with Gasteiger partial charge in [-0.25, -0.2) is 0 Å². The molecule has 1 unspecified atom stereocenters. The summed E-state index contributed by atoms with van der Waals surface area (Å²) in [6.07, 6.45) is 4.80. The average Bonchev–Trinajstić information content (AvgIpc) is 2.83. The summed E-state index contributed by atoms with van der Waals surface area (Å²) < 4.78 is 5.73. The third kappa shape index (κ3) is 4.39. The van der Waals surface area contributed by atoms with Crippen molar-refractivity contribution in [3.05, 3.63) is 28.3 Å². The Labute approximate surface area is 127 Å². The number of ether oxygens (including phenoxy) is 1. The highest BCUT2D eigenvalue weighted by Crippen LogP contribution is 2.32. The molecule has 1 aromatic rings. The van der Waals surface area contributed by atoms with Crippen LogP contribution in [0.15, 0.2) is 12.1 Å². The molecule has 1 N–H and O–H groups in total. The Kier molecular flexibility index (Phi) is 5.74. The maximum Gasteiger partial charge on any atom is 0.127 e. The van der Waals surface area contributed by atoms with Crippen LogP contribution in [0.4, 0.5) is 0 Å². The number of halogens is 1. The van der Waals surface area contributed by atoms with Gasteiger partial charge in [0.05, 0.1) is 6.61 Å². The van der Waals surface area contributed by atoms with Crippen LogP contribution in [0.1, 0.15) is 51.2 Å². The second kappa shape index (κ2) is 7.33. The minimum atomic E-state index is 0.532. The Morgan fingerprint density at radius 2 is 2.05 bits per heavy atom. The van der Waals surface area contributed by atoms with Crippen LogP contribution in [0.2, 0.25) is 5.02 Å². The van der Waals surface area contributed by atoms with Gasteiger partial charge in [0.15, 0.2) is 0 Å². The summed E-state index contributed by atoms with van der Waals surface area (Å²) in [6, 6.07) is 4.59. The van der Waals surface area contributed by atoms with Crippen LogP contribution in [0.5, 0.6) is 5.75 Å². The summed E-state index contributed by atoms with van der Waals surface area (Å²) in [7, 11) is 0. The number of benzene rings is 1. The molecule has 0 saturated carbocycles. The molecule has 1 aromatic carbocycles. The van der Waals surface area contributed by atoms with Gasteiger partial charge in [-0.3, -0.25) is 0 Å². The van der Waals surface area contributed by atoms with Crippen molar-refractivity contribution in [2.45, 2.75) is 59.0 Å². The summed E-state index contributed by atoms with van der Waals surface area (Å²) in [5.74, 6) is 1.85. The Bertz CT molecular complexity index is 445. The lowest BCUT2D eigenvalue weighted by atomic mass is 10.0. The van der Waals surface area contributed by atoms with Crippen LogP contribution in [0, 0.1) is 5.92 Å². The largest absolute Gasteiger partial charge is 0.493 e. The van der Waals surface area contributed by atoms with Crippen molar-refractivity contribution in [3.8, 4) is 5.75 Å². The Morgan fingerprint density at radius 1 is 1.25 bits per heavy atom. The van der Waals surface area contributed by atoms with Crippen molar-refractivity contribution < 1.29 is 4.74 Å². The van der Waals surface area contributed by atoms with E-state index in [2.05, 4.69) is 26.1 Å². The molecule has 0 amide bonds. The minimum absolute atomic E-state index is 0.532. The van der Waals surface area contributed by atoms with Gasteiger partial charge in [-0.05, 0) is 37.0 Å². The van der Waals surface area contributed by atoms with E-state index in [0.717, 1.165) is 36.3 Å². The van der Waals surface area contributed by atoms with Crippen LogP contribution >= 0.6 is 11.6 Å². The fraction of sp³-hybridized carbons (Fsp3) is 0.647. The first-order valence-corrected chi connectivity index (χ1v) is 8.11. The van der Waals surface area contributed by atoms with Crippen molar-refractivity contribution in [1.29, 1.82) is 0 Å². The first-order chi connectivity index (χ1) is 9.56. The van der Waals surface area contributed by atoms with Crippen molar-refractivity contribution in [2.75, 3.05) is 6.61 Å². The Morgan fingerprint density at radius 3 is 2.80 bits per heavy atom. The van der Waals surface area contributed by atoms with E-state index in [-0.39, 0.29) is 0 Å². The zero-order chi connectivity index (χ0) is 14.5. The summed E-state index contributed by atoms with van der Waals surface area (Å²) >= 11 is 6.18. The standard InChI is InChI=1S/C17H26ClNO/c1-12(2)5-4-6-13(3)19-11-15-10-16(18)9-14-7-8-20-17(14)15/h9-10,12-13,19H,4-8,11H2,1-3H3. The molecule has 1 aliphatic heterocycles. The molecule has 20 heavy (non-hydrogen) atoms. The second-order valence-corrected chi connectivity index (χ2v) is 6.69. The highest BCUT2D eigenvalue weighted by molar-refractivity contribution is 6.30. The van der Waals surface area contributed by atoms with Gasteiger partial charge in [-0.1, -0.05) is 38.3 Å². The molecule has 0 saturated heterocycles. The van der Waals surface area contributed by atoms with Crippen LogP contribution in [-0.2, 0) is 13.0 Å². The fourth-order valence-corrected chi connectivity index (χ4v) is 2.96. The molecule has 1 atom stereocenters. The molecule has 0 radical (unpaired) electrons. The van der Waals surface area contributed by atoms with E-state index in [4.69, 9.17) is 16.3 Å². The number of hydrogen-bond acceptors (Lipinski definition) is 2. The van der Waals surface area contributed by atoms with Gasteiger partial charge < -0.3 is 10.1 Å². The third-order valence-electron chi connectivity index (χ3n) is 3.88. The SMILES string of the molecule is CC(C)CCCC(C)NCc1cc(Cl)cc2c1OCC2. The van der Waals surface area contributed by atoms with E-state index in [9.17, 15) is 0 Å². The van der Waals surface area contributed by atoms with Crippen LogP contribution in [0.25, 0.3) is 0 Å². The molecule has 1 aliphatic rings. The zero-order valence-corrected chi connectivity index (χ0v) is 13.6. The zero-order valence-electron chi connectivity index (χ0n) is 12.8. The summed E-state index contributed by atoms with van der Waals surface area (Å²) in [6.45, 7) is 8.44. The first kappa shape index (κ1) is 15.7. The Hall–Kier alpha value is -0.730. The predicted molar refractivity (Wildman–Crippen MR) is 85.6 cm³/mol. The number of fused-ring (bicyclic) bond motifs is 1. The van der Waals surface area contributed by atoms with E-state index in [0.29, 0.717) is 6.04 Å². The van der Waals surface area contributed by atoms with Crippen molar-refractivity contribution in [3.63, 3.8) is 0 Å². The molecule has 1 heterocycles. The van der Waals surface area contributed by atoms with E-state index in [1.165, 1.54) is 30.4 Å². The summed E-state index contributed by atoms with van der Waals surface area (Å²) in [4.78, 5) is 0. The number of rotatable bonds is 7. The summed E-state index contributed by atoms with van der Waals surface area (Å²) in [5.41, 5.74) is 2.45. The third-order valence-corrected chi connectivity index (χ3v) is 4.10. The highest BCUT2D eigenvalue weighted by Gasteiger charge is 2.17. The van der Waals surface area contributed by atoms with E-state index in [1.807, 2.05) is 12.1 Å². The maximum absolute atomic E-state index is 6.18. The lowest BCUT2D eigenvalue weighted by Crippen LogP contribution is -2.25. The van der Waals surface area contributed by atoms with Crippen molar-refractivity contribution in [1.82, 2.24) is 5.32 Å². The van der Waals surface area contributed by atoms with Gasteiger partial charge in [-0.2, -0.15) is 0 Å². The van der Waals surface area contributed by atoms with Gasteiger partial charge >= 0.3 is 0 Å². The normalized spacial score (nSPS) is 15.2. The fourth-order valence-electron chi connectivity index (χ4n) is 2.70. The predicted octanol–water partition coefficient (Wildman–Crippen LogP) is 4.58. The van der Waals surface area contributed by atoms with Gasteiger partial charge in [-0.15, -0.1) is 0 Å². The van der Waals surface area contributed by atoms with Gasteiger partial charge in [0.25, 0.3) is 0 Å². The number of hydrogen-bond donors (Lipinski definition) is 1. The second-order valence-electron chi connectivity index (χ2n) is 6.26. The monoisotopic (exact) mass is 295 g/mol. The van der Waals surface area contributed by atoms with Crippen LogP contribution in [0.3, 0.4) is 0 Å². The highest BCUT2D eigenvalue weighted by atomic mass is 35.5.